The van der Waals surface area contributed by atoms with Crippen LogP contribution in [0.25, 0.3) is 0 Å². The Morgan fingerprint density at radius 1 is 0.467 bits per heavy atom. The fourth-order valence-corrected chi connectivity index (χ4v) is 12.0. The first-order valence-electron chi connectivity index (χ1n) is 17.2. The second-order valence-corrected chi connectivity index (χ2v) is 17.5. The van der Waals surface area contributed by atoms with E-state index in [9.17, 15) is 8.42 Å². The van der Waals surface area contributed by atoms with E-state index >= 15 is 0 Å². The standard InChI is InChI=1S/C22H25P.C18H30O3S/c1-2-3-19-23(20-13-7-4-8-14-20,21-15-9-5-10-16-21)22-17-11-6-12-18-22;1-2-3-4-5-6-7-8-9-10-14-17-21-22(19,20)18-15-12-11-13-16-18/h4-18,23H,2-3,19H2,1H3;11-13,15-16H,2-10,14,17H2,1H3. The average Bonchev–Trinajstić information content (AvgIpc) is 3.10. The van der Waals surface area contributed by atoms with E-state index in [0.717, 1.165) is 12.8 Å². The summed E-state index contributed by atoms with van der Waals surface area (Å²) in [4.78, 5) is 0.238. The van der Waals surface area contributed by atoms with E-state index in [1.807, 2.05) is 0 Å². The summed E-state index contributed by atoms with van der Waals surface area (Å²) in [5.41, 5.74) is 0. The molecule has 0 aliphatic carbocycles. The molecule has 45 heavy (non-hydrogen) atoms. The van der Waals surface area contributed by atoms with Gasteiger partial charge in [0.1, 0.15) is 0 Å². The molecule has 0 bridgehead atoms. The van der Waals surface area contributed by atoms with E-state index in [-0.39, 0.29) is 11.5 Å². The number of benzene rings is 4. The maximum atomic E-state index is 11.9. The molecule has 5 heteroatoms. The van der Waals surface area contributed by atoms with Crippen molar-refractivity contribution in [1.82, 2.24) is 0 Å². The average molecular weight is 647 g/mol. The zero-order valence-electron chi connectivity index (χ0n) is 27.6. The van der Waals surface area contributed by atoms with E-state index in [4.69, 9.17) is 4.18 Å². The molecule has 0 radical (unpaired) electrons. The van der Waals surface area contributed by atoms with Crippen molar-refractivity contribution in [3.63, 3.8) is 0 Å². The quantitative estimate of drug-likeness (QED) is 0.0579. The topological polar surface area (TPSA) is 43.4 Å². The third-order valence-electron chi connectivity index (χ3n) is 8.47. The van der Waals surface area contributed by atoms with Gasteiger partial charge in [-0.2, -0.15) is 8.42 Å². The summed E-state index contributed by atoms with van der Waals surface area (Å²) in [7, 11) is -5.52. The molecule has 0 fully saturated rings. The molecular formula is C40H55O3PS. The molecule has 0 N–H and O–H groups in total. The van der Waals surface area contributed by atoms with Crippen molar-refractivity contribution >= 4 is 33.3 Å². The van der Waals surface area contributed by atoms with Gasteiger partial charge in [0.2, 0.25) is 0 Å². The predicted octanol–water partition coefficient (Wildman–Crippen LogP) is 9.83. The second kappa shape index (κ2) is 21.1. The van der Waals surface area contributed by atoms with Crippen LogP contribution in [-0.2, 0) is 14.3 Å². The Bertz CT molecular complexity index is 1300. The normalized spacial score (nSPS) is 11.9. The SMILES string of the molecule is CCCCCCCCCCCCOS(=O)(=O)c1ccccc1.CCCC[PH](c1ccccc1)(c1ccccc1)c1ccccc1. The summed E-state index contributed by atoms with van der Waals surface area (Å²) in [6, 6.07) is 41.8. The van der Waals surface area contributed by atoms with Crippen molar-refractivity contribution < 1.29 is 12.6 Å². The van der Waals surface area contributed by atoms with Gasteiger partial charge < -0.3 is 0 Å². The molecule has 4 aromatic rings. The Hall–Kier alpha value is -2.78. The summed E-state index contributed by atoms with van der Waals surface area (Å²) in [5.74, 6) is 0. The zero-order valence-corrected chi connectivity index (χ0v) is 29.4. The van der Waals surface area contributed by atoms with Gasteiger partial charge in [0.05, 0.1) is 11.5 Å². The van der Waals surface area contributed by atoms with Gasteiger partial charge in [0, 0.05) is 0 Å². The van der Waals surface area contributed by atoms with Crippen LogP contribution in [0, 0.1) is 0 Å². The Kier molecular flexibility index (Phi) is 17.2. The van der Waals surface area contributed by atoms with Gasteiger partial charge in [-0.15, -0.1) is 0 Å². The number of hydrogen-bond donors (Lipinski definition) is 0. The van der Waals surface area contributed by atoms with Crippen molar-refractivity contribution in [3.8, 4) is 0 Å². The molecule has 4 rings (SSSR count). The van der Waals surface area contributed by atoms with E-state index in [1.165, 1.54) is 86.3 Å². The second-order valence-electron chi connectivity index (χ2n) is 11.9. The van der Waals surface area contributed by atoms with Crippen LogP contribution in [0.4, 0.5) is 0 Å². The van der Waals surface area contributed by atoms with Gasteiger partial charge in [0.25, 0.3) is 10.1 Å². The first-order chi connectivity index (χ1) is 22.0. The zero-order chi connectivity index (χ0) is 32.1. The van der Waals surface area contributed by atoms with Crippen LogP contribution in [0.5, 0.6) is 0 Å². The summed E-state index contributed by atoms with van der Waals surface area (Å²) in [5, 5.41) is 4.56. The van der Waals surface area contributed by atoms with Gasteiger partial charge in [-0.3, -0.25) is 4.18 Å². The van der Waals surface area contributed by atoms with Gasteiger partial charge in [0.15, 0.2) is 0 Å². The molecule has 0 aromatic heterocycles. The molecule has 3 nitrogen and oxygen atoms in total. The van der Waals surface area contributed by atoms with E-state index < -0.39 is 17.4 Å². The van der Waals surface area contributed by atoms with Gasteiger partial charge in [-0.25, -0.2) is 0 Å². The van der Waals surface area contributed by atoms with Gasteiger partial charge in [-0.1, -0.05) is 82.9 Å². The monoisotopic (exact) mass is 646 g/mol. The Morgan fingerprint density at radius 2 is 0.822 bits per heavy atom. The van der Waals surface area contributed by atoms with Gasteiger partial charge >= 0.3 is 140 Å². The molecule has 0 atom stereocenters. The third kappa shape index (κ3) is 12.2. The maximum absolute atomic E-state index is 11.9. The summed E-state index contributed by atoms with van der Waals surface area (Å²) >= 11 is 0. The van der Waals surface area contributed by atoms with Crippen LogP contribution >= 0.6 is 7.26 Å². The fraction of sp³-hybridized carbons (Fsp3) is 0.400. The summed E-state index contributed by atoms with van der Waals surface area (Å²) in [6.45, 7) is 4.81. The Morgan fingerprint density at radius 3 is 1.22 bits per heavy atom. The molecule has 0 amide bonds. The van der Waals surface area contributed by atoms with Crippen LogP contribution in [0.2, 0.25) is 0 Å². The molecule has 0 spiro atoms. The molecule has 0 aliphatic heterocycles. The van der Waals surface area contributed by atoms with E-state index in [0.29, 0.717) is 0 Å². The van der Waals surface area contributed by atoms with E-state index in [1.54, 1.807) is 30.3 Å². The summed E-state index contributed by atoms with van der Waals surface area (Å²) < 4.78 is 28.8. The van der Waals surface area contributed by atoms with Crippen LogP contribution in [0.1, 0.15) is 90.9 Å². The summed E-state index contributed by atoms with van der Waals surface area (Å²) in [6.07, 6.45) is 16.0. The Labute approximate surface area is 274 Å². The van der Waals surface area contributed by atoms with Crippen molar-refractivity contribution in [1.29, 1.82) is 0 Å². The molecule has 0 saturated carbocycles. The van der Waals surface area contributed by atoms with Crippen molar-refractivity contribution in [2.24, 2.45) is 0 Å². The predicted molar refractivity (Wildman–Crippen MR) is 198 cm³/mol. The van der Waals surface area contributed by atoms with Crippen molar-refractivity contribution in [2.75, 3.05) is 12.8 Å². The Balaban J connectivity index is 0.000000246. The number of hydrogen-bond acceptors (Lipinski definition) is 3. The van der Waals surface area contributed by atoms with Crippen LogP contribution in [-0.4, -0.2) is 21.2 Å². The van der Waals surface area contributed by atoms with Gasteiger partial charge in [-0.05, 0) is 18.6 Å². The third-order valence-corrected chi connectivity index (χ3v) is 14.9. The van der Waals surface area contributed by atoms with E-state index in [2.05, 4.69) is 105 Å². The van der Waals surface area contributed by atoms with Crippen LogP contribution < -0.4 is 15.9 Å². The molecule has 0 heterocycles. The number of rotatable bonds is 19. The van der Waals surface area contributed by atoms with Crippen molar-refractivity contribution in [2.45, 2.75) is 95.8 Å². The molecule has 0 aliphatic rings. The minimum atomic E-state index is -3.57. The first kappa shape index (κ1) is 36.7. The van der Waals surface area contributed by atoms with Crippen LogP contribution in [0.15, 0.2) is 126 Å². The molecule has 0 saturated heterocycles. The molecular weight excluding hydrogens is 591 g/mol. The minimum absolute atomic E-state index is 0.238. The fourth-order valence-electron chi connectivity index (χ4n) is 5.96. The molecule has 0 unspecified atom stereocenters. The van der Waals surface area contributed by atoms with Crippen LogP contribution in [0.3, 0.4) is 0 Å². The molecule has 244 valence electrons. The number of unbranched alkanes of at least 4 members (excludes halogenated alkanes) is 10. The molecule has 4 aromatic carbocycles. The first-order valence-corrected chi connectivity index (χ1v) is 20.8. The van der Waals surface area contributed by atoms with Crippen molar-refractivity contribution in [3.05, 3.63) is 121 Å².